The summed E-state index contributed by atoms with van der Waals surface area (Å²) >= 11 is 6.94. The van der Waals surface area contributed by atoms with Crippen LogP contribution >= 0.6 is 31.9 Å². The third-order valence-corrected chi connectivity index (χ3v) is 4.15. The van der Waals surface area contributed by atoms with E-state index in [1.807, 2.05) is 25.1 Å². The molecule has 2 aromatic rings. The predicted molar refractivity (Wildman–Crippen MR) is 86.4 cm³/mol. The van der Waals surface area contributed by atoms with Crippen molar-refractivity contribution in [3.05, 3.63) is 44.1 Å². The van der Waals surface area contributed by atoms with E-state index in [9.17, 15) is 4.79 Å². The maximum absolute atomic E-state index is 12.0. The summed E-state index contributed by atoms with van der Waals surface area (Å²) in [4.78, 5) is 12.0. The van der Waals surface area contributed by atoms with Crippen LogP contribution in [0, 0.1) is 18.3 Å². The predicted octanol–water partition coefficient (Wildman–Crippen LogP) is 3.55. The number of aromatic nitrogens is 1. The topological polar surface area (TPSA) is 81.0 Å². The first-order valence-corrected chi connectivity index (χ1v) is 7.44. The zero-order valence-corrected chi connectivity index (χ0v) is 14.4. The van der Waals surface area contributed by atoms with Crippen molar-refractivity contribution in [1.29, 1.82) is 5.26 Å². The summed E-state index contributed by atoms with van der Waals surface area (Å²) in [6.07, 6.45) is 1.52. The number of nitrogens with zero attached hydrogens (tertiary/aromatic N) is 2. The highest BCUT2D eigenvalue weighted by atomic mass is 79.9. The van der Waals surface area contributed by atoms with Crippen molar-refractivity contribution in [2.45, 2.75) is 6.92 Å². The quantitative estimate of drug-likeness (QED) is 0.764. The number of hydrogen-bond donors (Lipinski definition) is 1. The van der Waals surface area contributed by atoms with E-state index in [1.165, 1.54) is 13.3 Å². The molecule has 0 aliphatic carbocycles. The number of nitrogens with two attached hydrogens (primary N) is 1. The Balaban J connectivity index is 2.82. The highest BCUT2D eigenvalue weighted by molar-refractivity contribution is 9.11. The molecule has 0 bridgehead atoms. The fourth-order valence-corrected chi connectivity index (χ4v) is 3.81. The van der Waals surface area contributed by atoms with E-state index in [0.717, 1.165) is 14.5 Å². The van der Waals surface area contributed by atoms with Crippen molar-refractivity contribution in [1.82, 2.24) is 4.57 Å². The molecule has 21 heavy (non-hydrogen) atoms. The Bertz CT molecular complexity index is 752. The molecule has 5 nitrogen and oxygen atoms in total. The number of rotatable bonds is 2. The molecule has 1 aromatic heterocycles. The summed E-state index contributed by atoms with van der Waals surface area (Å²) in [5.41, 5.74) is 8.04. The van der Waals surface area contributed by atoms with Crippen LogP contribution in [0.15, 0.2) is 27.3 Å². The van der Waals surface area contributed by atoms with Gasteiger partial charge in [0.15, 0.2) is 5.69 Å². The Morgan fingerprint density at radius 3 is 2.43 bits per heavy atom. The first-order chi connectivity index (χ1) is 9.90. The number of carbonyl (C=O) groups excluding carboxylic acids is 1. The first kappa shape index (κ1) is 15.6. The third-order valence-electron chi connectivity index (χ3n) is 2.95. The van der Waals surface area contributed by atoms with Crippen LogP contribution in [-0.2, 0) is 4.74 Å². The summed E-state index contributed by atoms with van der Waals surface area (Å²) in [5.74, 6) is -0.603. The van der Waals surface area contributed by atoms with Crippen LogP contribution in [-0.4, -0.2) is 17.6 Å². The molecule has 0 spiro atoms. The summed E-state index contributed by atoms with van der Waals surface area (Å²) < 4.78 is 7.84. The van der Waals surface area contributed by atoms with Gasteiger partial charge in [-0.3, -0.25) is 0 Å². The van der Waals surface area contributed by atoms with Gasteiger partial charge in [0, 0.05) is 15.1 Å². The van der Waals surface area contributed by atoms with Gasteiger partial charge in [0.1, 0.15) is 6.07 Å². The molecule has 0 fully saturated rings. The molecule has 2 N–H and O–H groups in total. The summed E-state index contributed by atoms with van der Waals surface area (Å²) in [6.45, 7) is 1.95. The van der Waals surface area contributed by atoms with Gasteiger partial charge in [0.25, 0.3) is 0 Å². The number of nitriles is 1. The Morgan fingerprint density at radius 1 is 1.38 bits per heavy atom. The van der Waals surface area contributed by atoms with E-state index in [1.54, 1.807) is 4.57 Å². The highest BCUT2D eigenvalue weighted by Crippen LogP contribution is 2.34. The molecule has 0 aliphatic heterocycles. The van der Waals surface area contributed by atoms with Crippen LogP contribution in [0.3, 0.4) is 0 Å². The smallest absolute Gasteiger partial charge is 0.357 e. The second kappa shape index (κ2) is 5.92. The molecule has 0 radical (unpaired) electrons. The Labute approximate surface area is 138 Å². The number of hydrogen-bond acceptors (Lipinski definition) is 4. The number of nitrogen functional groups attached to an aromatic ring is 1. The number of aryl methyl sites for hydroxylation is 1. The normalized spacial score (nSPS) is 10.2. The van der Waals surface area contributed by atoms with Gasteiger partial charge < -0.3 is 15.0 Å². The van der Waals surface area contributed by atoms with Gasteiger partial charge in [-0.25, -0.2) is 4.79 Å². The average Bonchev–Trinajstić information content (AvgIpc) is 2.73. The molecule has 1 aromatic carbocycles. The van der Waals surface area contributed by atoms with Gasteiger partial charge in [0.05, 0.1) is 24.0 Å². The van der Waals surface area contributed by atoms with Crippen LogP contribution in [0.25, 0.3) is 5.69 Å². The minimum absolute atomic E-state index is 0.101. The molecule has 7 heteroatoms. The van der Waals surface area contributed by atoms with E-state index >= 15 is 0 Å². The lowest BCUT2D eigenvalue weighted by molar-refractivity contribution is 0.0593. The van der Waals surface area contributed by atoms with Crippen LogP contribution in [0.4, 0.5) is 5.69 Å². The van der Waals surface area contributed by atoms with E-state index in [4.69, 9.17) is 15.7 Å². The number of benzene rings is 1. The maximum atomic E-state index is 12.0. The van der Waals surface area contributed by atoms with E-state index < -0.39 is 5.97 Å². The number of esters is 1. The number of ether oxygens (including phenoxy) is 1. The molecular weight excluding hydrogens is 402 g/mol. The minimum atomic E-state index is -0.603. The summed E-state index contributed by atoms with van der Waals surface area (Å²) in [7, 11) is 1.27. The van der Waals surface area contributed by atoms with E-state index in [2.05, 4.69) is 31.9 Å². The lowest BCUT2D eigenvalue weighted by atomic mass is 10.2. The van der Waals surface area contributed by atoms with Crippen LogP contribution in [0.2, 0.25) is 0 Å². The Kier molecular flexibility index (Phi) is 4.40. The maximum Gasteiger partial charge on any atom is 0.357 e. The molecule has 0 amide bonds. The van der Waals surface area contributed by atoms with Crippen molar-refractivity contribution in [2.24, 2.45) is 0 Å². The highest BCUT2D eigenvalue weighted by Gasteiger charge is 2.23. The molecular formula is C14H11Br2N3O2. The molecule has 0 saturated heterocycles. The number of anilines is 1. The third kappa shape index (κ3) is 2.69. The van der Waals surface area contributed by atoms with Crippen molar-refractivity contribution in [3.8, 4) is 11.8 Å². The van der Waals surface area contributed by atoms with Crippen LogP contribution in [0.5, 0.6) is 0 Å². The van der Waals surface area contributed by atoms with Crippen molar-refractivity contribution in [3.63, 3.8) is 0 Å². The molecule has 108 valence electrons. The monoisotopic (exact) mass is 411 g/mol. The van der Waals surface area contributed by atoms with Gasteiger partial charge in [0.2, 0.25) is 0 Å². The molecule has 0 aliphatic rings. The van der Waals surface area contributed by atoms with Gasteiger partial charge in [-0.1, -0.05) is 0 Å². The van der Waals surface area contributed by atoms with Gasteiger partial charge in [-0.05, 0) is 56.5 Å². The Morgan fingerprint density at radius 2 is 1.95 bits per heavy atom. The standard InChI is InChI=1S/C14H11Br2N3O2/c1-7-3-9(15)12(10(16)4-7)19-6-8(5-17)11(18)13(19)14(20)21-2/h3-4,6H,18H2,1-2H3. The molecule has 2 rings (SSSR count). The minimum Gasteiger partial charge on any atom is -0.464 e. The van der Waals surface area contributed by atoms with E-state index in [0.29, 0.717) is 5.69 Å². The summed E-state index contributed by atoms with van der Waals surface area (Å²) in [6, 6.07) is 5.78. The van der Waals surface area contributed by atoms with Crippen LogP contribution in [0.1, 0.15) is 21.6 Å². The van der Waals surface area contributed by atoms with Gasteiger partial charge in [-0.2, -0.15) is 5.26 Å². The Hall–Kier alpha value is -1.78. The zero-order chi connectivity index (χ0) is 15.7. The second-order valence-corrected chi connectivity index (χ2v) is 6.06. The van der Waals surface area contributed by atoms with Crippen LogP contribution < -0.4 is 5.73 Å². The molecule has 0 saturated carbocycles. The molecule has 0 atom stereocenters. The zero-order valence-electron chi connectivity index (χ0n) is 11.3. The first-order valence-electron chi connectivity index (χ1n) is 5.86. The van der Waals surface area contributed by atoms with Crippen molar-refractivity contribution >= 4 is 43.5 Å². The van der Waals surface area contributed by atoms with Gasteiger partial charge >= 0.3 is 5.97 Å². The average molecular weight is 413 g/mol. The van der Waals surface area contributed by atoms with E-state index in [-0.39, 0.29) is 16.9 Å². The number of halogens is 2. The van der Waals surface area contributed by atoms with Gasteiger partial charge in [-0.15, -0.1) is 0 Å². The number of methoxy groups -OCH3 is 1. The fraction of sp³-hybridized carbons (Fsp3) is 0.143. The second-order valence-electron chi connectivity index (χ2n) is 4.36. The lowest BCUT2D eigenvalue weighted by Crippen LogP contribution is -2.11. The van der Waals surface area contributed by atoms with Crippen molar-refractivity contribution < 1.29 is 9.53 Å². The largest absolute Gasteiger partial charge is 0.464 e. The fourth-order valence-electron chi connectivity index (χ4n) is 2.01. The molecule has 0 unspecified atom stereocenters. The lowest BCUT2D eigenvalue weighted by Gasteiger charge is -2.13. The van der Waals surface area contributed by atoms with Crippen molar-refractivity contribution in [2.75, 3.05) is 12.8 Å². The number of carbonyl (C=O) groups is 1. The summed E-state index contributed by atoms with van der Waals surface area (Å²) in [5, 5.41) is 9.12. The SMILES string of the molecule is COC(=O)c1c(N)c(C#N)cn1-c1c(Br)cc(C)cc1Br. The molecule has 1 heterocycles.